The summed E-state index contributed by atoms with van der Waals surface area (Å²) >= 11 is 8.93. The van der Waals surface area contributed by atoms with Crippen molar-refractivity contribution in [3.8, 4) is 11.5 Å². The molecule has 108 valence electrons. The molecule has 2 nitrogen and oxygen atoms in total. The predicted octanol–water partition coefficient (Wildman–Crippen LogP) is 5.79. The quantitative estimate of drug-likeness (QED) is 0.551. The van der Waals surface area contributed by atoms with E-state index in [1.165, 1.54) is 5.56 Å². The minimum absolute atomic E-state index is 0.153. The Hall–Kier alpha value is -0.520. The second kappa shape index (κ2) is 7.48. The number of halogens is 2. The third-order valence-electron chi connectivity index (χ3n) is 2.74. The SMILES string of the molecule is CCOc1ccc(C(Br)c2csc(Br)c2)cc1OCC. The van der Waals surface area contributed by atoms with Crippen LogP contribution < -0.4 is 9.47 Å². The molecule has 2 rings (SSSR count). The van der Waals surface area contributed by atoms with Gasteiger partial charge in [-0.15, -0.1) is 11.3 Å². The van der Waals surface area contributed by atoms with Gasteiger partial charge in [0, 0.05) is 0 Å². The van der Waals surface area contributed by atoms with Gasteiger partial charge in [-0.05, 0) is 64.5 Å². The monoisotopic (exact) mass is 418 g/mol. The summed E-state index contributed by atoms with van der Waals surface area (Å²) in [5.74, 6) is 1.59. The van der Waals surface area contributed by atoms with E-state index in [4.69, 9.17) is 9.47 Å². The van der Waals surface area contributed by atoms with Crippen molar-refractivity contribution in [3.05, 3.63) is 44.6 Å². The maximum atomic E-state index is 5.67. The highest BCUT2D eigenvalue weighted by Crippen LogP contribution is 2.38. The van der Waals surface area contributed by atoms with Crippen molar-refractivity contribution in [2.45, 2.75) is 18.7 Å². The summed E-state index contributed by atoms with van der Waals surface area (Å²) in [6, 6.07) is 8.21. The summed E-state index contributed by atoms with van der Waals surface area (Å²) < 4.78 is 12.4. The Balaban J connectivity index is 2.29. The van der Waals surface area contributed by atoms with Gasteiger partial charge in [0.25, 0.3) is 0 Å². The molecule has 0 aliphatic heterocycles. The van der Waals surface area contributed by atoms with Crippen LogP contribution in [0.4, 0.5) is 0 Å². The first-order chi connectivity index (χ1) is 9.65. The van der Waals surface area contributed by atoms with E-state index in [2.05, 4.69) is 49.4 Å². The van der Waals surface area contributed by atoms with E-state index >= 15 is 0 Å². The summed E-state index contributed by atoms with van der Waals surface area (Å²) in [5, 5.41) is 2.14. The maximum Gasteiger partial charge on any atom is 0.161 e. The van der Waals surface area contributed by atoms with E-state index in [0.717, 1.165) is 20.8 Å². The molecule has 0 spiro atoms. The van der Waals surface area contributed by atoms with Crippen molar-refractivity contribution in [3.63, 3.8) is 0 Å². The second-order valence-electron chi connectivity index (χ2n) is 4.12. The number of ether oxygens (including phenoxy) is 2. The minimum Gasteiger partial charge on any atom is -0.490 e. The van der Waals surface area contributed by atoms with Crippen LogP contribution in [0.1, 0.15) is 29.8 Å². The summed E-state index contributed by atoms with van der Waals surface area (Å²) in [6.45, 7) is 5.21. The topological polar surface area (TPSA) is 18.5 Å². The molecule has 5 heteroatoms. The first-order valence-corrected chi connectivity index (χ1v) is 9.02. The van der Waals surface area contributed by atoms with Crippen molar-refractivity contribution < 1.29 is 9.47 Å². The van der Waals surface area contributed by atoms with Crippen molar-refractivity contribution in [1.29, 1.82) is 0 Å². The fourth-order valence-corrected chi connectivity index (χ4v) is 3.80. The molecule has 1 heterocycles. The highest BCUT2D eigenvalue weighted by Gasteiger charge is 2.15. The average Bonchev–Trinajstić information content (AvgIpc) is 2.87. The lowest BCUT2D eigenvalue weighted by Crippen LogP contribution is -2.00. The number of thiophene rings is 1. The lowest BCUT2D eigenvalue weighted by Gasteiger charge is -2.14. The highest BCUT2D eigenvalue weighted by atomic mass is 79.9. The van der Waals surface area contributed by atoms with Gasteiger partial charge in [0.1, 0.15) is 0 Å². The van der Waals surface area contributed by atoms with Crippen molar-refractivity contribution in [2.24, 2.45) is 0 Å². The molecule has 2 aromatic rings. The standard InChI is InChI=1S/C15H16Br2O2S/c1-3-18-12-6-5-10(7-13(12)19-4-2)15(17)11-8-14(16)20-9-11/h5-9,15H,3-4H2,1-2H3. The second-order valence-corrected chi connectivity index (χ2v) is 7.33. The van der Waals surface area contributed by atoms with Crippen LogP contribution >= 0.6 is 43.2 Å². The summed E-state index contributed by atoms with van der Waals surface area (Å²) in [4.78, 5) is 0.153. The molecule has 0 saturated carbocycles. The first-order valence-electron chi connectivity index (χ1n) is 6.43. The smallest absolute Gasteiger partial charge is 0.161 e. The van der Waals surface area contributed by atoms with Crippen LogP contribution in [0, 0.1) is 0 Å². The number of hydrogen-bond donors (Lipinski definition) is 0. The largest absolute Gasteiger partial charge is 0.490 e. The fraction of sp³-hybridized carbons (Fsp3) is 0.333. The number of alkyl halides is 1. The molecule has 1 aromatic carbocycles. The summed E-state index contributed by atoms with van der Waals surface area (Å²) in [6.07, 6.45) is 0. The molecule has 0 aliphatic rings. The molecular formula is C15H16Br2O2S. The molecule has 0 aliphatic carbocycles. The minimum atomic E-state index is 0.153. The van der Waals surface area contributed by atoms with E-state index in [1.54, 1.807) is 11.3 Å². The van der Waals surface area contributed by atoms with Crippen molar-refractivity contribution in [2.75, 3.05) is 13.2 Å². The van der Waals surface area contributed by atoms with Crippen LogP contribution in [-0.4, -0.2) is 13.2 Å². The molecule has 0 fully saturated rings. The Kier molecular flexibility index (Phi) is 5.93. The van der Waals surface area contributed by atoms with Crippen LogP contribution in [0.5, 0.6) is 11.5 Å². The Bertz CT molecular complexity index is 569. The lowest BCUT2D eigenvalue weighted by atomic mass is 10.1. The molecular weight excluding hydrogens is 404 g/mol. The normalized spacial score (nSPS) is 12.2. The summed E-state index contributed by atoms with van der Waals surface area (Å²) in [5.41, 5.74) is 2.38. The van der Waals surface area contributed by atoms with Gasteiger partial charge in [0.15, 0.2) is 11.5 Å². The van der Waals surface area contributed by atoms with Crippen molar-refractivity contribution >= 4 is 43.2 Å². The molecule has 1 atom stereocenters. The number of benzene rings is 1. The Morgan fingerprint density at radius 3 is 2.35 bits per heavy atom. The van der Waals surface area contributed by atoms with Gasteiger partial charge in [-0.25, -0.2) is 0 Å². The van der Waals surface area contributed by atoms with Gasteiger partial charge in [-0.1, -0.05) is 22.0 Å². The molecule has 0 saturated heterocycles. The van der Waals surface area contributed by atoms with E-state index in [-0.39, 0.29) is 4.83 Å². The Morgan fingerprint density at radius 1 is 1.05 bits per heavy atom. The molecule has 1 unspecified atom stereocenters. The van der Waals surface area contributed by atoms with Crippen LogP contribution in [0.15, 0.2) is 33.4 Å². The zero-order chi connectivity index (χ0) is 14.5. The van der Waals surface area contributed by atoms with E-state index < -0.39 is 0 Å². The zero-order valence-corrected chi connectivity index (χ0v) is 15.3. The third kappa shape index (κ3) is 3.77. The third-order valence-corrected chi connectivity index (χ3v) is 5.32. The fourth-order valence-electron chi connectivity index (χ4n) is 1.87. The Morgan fingerprint density at radius 2 is 1.75 bits per heavy atom. The molecule has 1 aromatic heterocycles. The van der Waals surface area contributed by atoms with E-state index in [1.807, 2.05) is 26.0 Å². The van der Waals surface area contributed by atoms with Crippen LogP contribution in [-0.2, 0) is 0 Å². The molecule has 0 amide bonds. The predicted molar refractivity (Wildman–Crippen MR) is 91.6 cm³/mol. The van der Waals surface area contributed by atoms with Gasteiger partial charge >= 0.3 is 0 Å². The van der Waals surface area contributed by atoms with Crippen LogP contribution in [0.2, 0.25) is 0 Å². The number of hydrogen-bond acceptors (Lipinski definition) is 3. The molecule has 0 radical (unpaired) electrons. The molecule has 0 N–H and O–H groups in total. The van der Waals surface area contributed by atoms with Gasteiger partial charge in [-0.3, -0.25) is 0 Å². The van der Waals surface area contributed by atoms with E-state index in [0.29, 0.717) is 13.2 Å². The van der Waals surface area contributed by atoms with Crippen LogP contribution in [0.25, 0.3) is 0 Å². The van der Waals surface area contributed by atoms with Gasteiger partial charge in [-0.2, -0.15) is 0 Å². The summed E-state index contributed by atoms with van der Waals surface area (Å²) in [7, 11) is 0. The number of rotatable bonds is 6. The Labute approximate surface area is 140 Å². The highest BCUT2D eigenvalue weighted by molar-refractivity contribution is 9.11. The van der Waals surface area contributed by atoms with Crippen molar-refractivity contribution in [1.82, 2.24) is 0 Å². The van der Waals surface area contributed by atoms with E-state index in [9.17, 15) is 0 Å². The van der Waals surface area contributed by atoms with Crippen LogP contribution in [0.3, 0.4) is 0 Å². The molecule has 0 bridgehead atoms. The maximum absolute atomic E-state index is 5.67. The van der Waals surface area contributed by atoms with Gasteiger partial charge in [0.05, 0.1) is 21.8 Å². The lowest BCUT2D eigenvalue weighted by molar-refractivity contribution is 0.287. The van der Waals surface area contributed by atoms with Gasteiger partial charge < -0.3 is 9.47 Å². The van der Waals surface area contributed by atoms with Gasteiger partial charge in [0.2, 0.25) is 0 Å². The molecule has 20 heavy (non-hydrogen) atoms. The first kappa shape index (κ1) is 15.9. The zero-order valence-electron chi connectivity index (χ0n) is 11.4. The average molecular weight is 420 g/mol.